The topological polar surface area (TPSA) is 37.0 Å². The van der Waals surface area contributed by atoms with Crippen molar-refractivity contribution < 1.29 is 14.0 Å². The maximum absolute atomic E-state index is 13.1. The minimum atomic E-state index is -0.186. The number of nitrogens with one attached hydrogen (secondary N) is 1. The van der Waals surface area contributed by atoms with Gasteiger partial charge in [0, 0.05) is 39.3 Å². The third kappa shape index (κ3) is 6.69. The number of rotatable bonds is 8. The molecule has 3 rings (SSSR count). The van der Waals surface area contributed by atoms with Crippen molar-refractivity contribution in [2.45, 2.75) is 33.9 Å². The van der Waals surface area contributed by atoms with E-state index >= 15 is 0 Å². The first-order valence-corrected chi connectivity index (χ1v) is 10.6. The highest BCUT2D eigenvalue weighted by Crippen LogP contribution is 2.30. The molecule has 5 nitrogen and oxygen atoms in total. The predicted molar refractivity (Wildman–Crippen MR) is 119 cm³/mol. The summed E-state index contributed by atoms with van der Waals surface area (Å²) in [5, 5.41) is 0. The smallest absolute Gasteiger partial charge is 0.142 e. The van der Waals surface area contributed by atoms with E-state index in [1.807, 2.05) is 18.2 Å². The third-order valence-corrected chi connectivity index (χ3v) is 5.16. The molecule has 0 unspecified atom stereocenters. The number of nitrogens with zero attached hydrogens (tertiary/aromatic N) is 2. The molecule has 164 valence electrons. The van der Waals surface area contributed by atoms with Gasteiger partial charge in [0.1, 0.15) is 11.6 Å². The normalized spacial score (nSPS) is 15.4. The molecule has 0 bridgehead atoms. The number of hydroxylamine groups is 1. The average Bonchev–Trinajstić information content (AvgIpc) is 2.73. The van der Waals surface area contributed by atoms with Crippen LogP contribution < -0.4 is 15.1 Å². The van der Waals surface area contributed by atoms with Crippen molar-refractivity contribution in [3.05, 3.63) is 59.4 Å². The fourth-order valence-electron chi connectivity index (χ4n) is 3.49. The lowest BCUT2D eigenvalue weighted by Gasteiger charge is -2.36. The second-order valence-corrected chi connectivity index (χ2v) is 9.07. The number of methoxy groups -OCH3 is 1. The van der Waals surface area contributed by atoms with Gasteiger partial charge in [-0.2, -0.15) is 5.48 Å². The van der Waals surface area contributed by atoms with Crippen LogP contribution in [0, 0.1) is 11.2 Å². The molecular weight excluding hydrogens is 381 g/mol. The largest absolute Gasteiger partial charge is 0.495 e. The summed E-state index contributed by atoms with van der Waals surface area (Å²) in [7, 11) is 1.72. The minimum Gasteiger partial charge on any atom is -0.495 e. The highest BCUT2D eigenvalue weighted by molar-refractivity contribution is 5.60. The first-order chi connectivity index (χ1) is 14.3. The van der Waals surface area contributed by atoms with Crippen molar-refractivity contribution in [3.8, 4) is 5.75 Å². The molecule has 0 aromatic heterocycles. The van der Waals surface area contributed by atoms with Crippen molar-refractivity contribution >= 4 is 5.69 Å². The van der Waals surface area contributed by atoms with Gasteiger partial charge in [0.15, 0.2) is 0 Å². The molecular formula is C24H34FN3O2. The van der Waals surface area contributed by atoms with E-state index in [4.69, 9.17) is 9.57 Å². The molecule has 1 heterocycles. The van der Waals surface area contributed by atoms with E-state index < -0.39 is 0 Å². The van der Waals surface area contributed by atoms with Crippen LogP contribution in [-0.4, -0.2) is 44.8 Å². The van der Waals surface area contributed by atoms with Crippen LogP contribution in [0.4, 0.5) is 10.1 Å². The summed E-state index contributed by atoms with van der Waals surface area (Å²) in [6, 6.07) is 13.1. The van der Waals surface area contributed by atoms with Gasteiger partial charge in [-0.1, -0.05) is 39.0 Å². The summed E-state index contributed by atoms with van der Waals surface area (Å²) in [4.78, 5) is 10.4. The van der Waals surface area contributed by atoms with Crippen molar-refractivity contribution in [1.29, 1.82) is 0 Å². The lowest BCUT2D eigenvalue weighted by Crippen LogP contribution is -2.46. The Balaban J connectivity index is 1.56. The molecule has 0 radical (unpaired) electrons. The van der Waals surface area contributed by atoms with Gasteiger partial charge >= 0.3 is 0 Å². The van der Waals surface area contributed by atoms with Gasteiger partial charge in [0.25, 0.3) is 0 Å². The molecule has 30 heavy (non-hydrogen) atoms. The Labute approximate surface area is 179 Å². The Morgan fingerprint density at radius 3 is 2.27 bits per heavy atom. The second kappa shape index (κ2) is 10.2. The fourth-order valence-corrected chi connectivity index (χ4v) is 3.49. The molecule has 2 aromatic rings. The summed E-state index contributed by atoms with van der Waals surface area (Å²) in [6.07, 6.45) is 0. The molecule has 1 saturated heterocycles. The number of benzene rings is 2. The summed E-state index contributed by atoms with van der Waals surface area (Å²) in [5.74, 6) is 0.704. The average molecular weight is 416 g/mol. The molecule has 2 aromatic carbocycles. The number of hydrogen-bond donors (Lipinski definition) is 1. The monoisotopic (exact) mass is 415 g/mol. The Morgan fingerprint density at radius 2 is 1.63 bits per heavy atom. The van der Waals surface area contributed by atoms with Crippen molar-refractivity contribution in [2.24, 2.45) is 5.41 Å². The molecule has 0 spiro atoms. The van der Waals surface area contributed by atoms with Crippen LogP contribution in [0.1, 0.15) is 31.9 Å². The zero-order valence-corrected chi connectivity index (χ0v) is 18.6. The first-order valence-electron chi connectivity index (χ1n) is 10.6. The number of anilines is 1. The minimum absolute atomic E-state index is 0.131. The van der Waals surface area contributed by atoms with E-state index in [0.717, 1.165) is 55.3 Å². The Kier molecular flexibility index (Phi) is 7.69. The van der Waals surface area contributed by atoms with E-state index in [0.29, 0.717) is 13.2 Å². The number of ether oxygens (including phenoxy) is 1. The lowest BCUT2D eigenvalue weighted by molar-refractivity contribution is -0.00659. The van der Waals surface area contributed by atoms with E-state index in [1.165, 1.54) is 12.1 Å². The van der Waals surface area contributed by atoms with E-state index in [1.54, 1.807) is 7.11 Å². The molecule has 0 atom stereocenters. The standard InChI is InChI=1S/C24H34FN3O2/c1-24(2,3)18-30-26-16-20-7-10-23(29-4)22(15-20)28-13-11-27(12-14-28)17-19-5-8-21(25)9-6-19/h5-10,15,26H,11-14,16-18H2,1-4H3. The van der Waals surface area contributed by atoms with Gasteiger partial charge in [0.2, 0.25) is 0 Å². The van der Waals surface area contributed by atoms with Crippen molar-refractivity contribution in [2.75, 3.05) is 44.8 Å². The Bertz CT molecular complexity index is 797. The fraction of sp³-hybridized carbons (Fsp3) is 0.500. The maximum atomic E-state index is 13.1. The van der Waals surface area contributed by atoms with E-state index in [-0.39, 0.29) is 11.2 Å². The summed E-state index contributed by atoms with van der Waals surface area (Å²) < 4.78 is 18.7. The van der Waals surface area contributed by atoms with Gasteiger partial charge in [-0.05, 0) is 40.8 Å². The van der Waals surface area contributed by atoms with Crippen LogP contribution in [-0.2, 0) is 17.9 Å². The van der Waals surface area contributed by atoms with Gasteiger partial charge in [-0.25, -0.2) is 4.39 Å². The molecule has 1 fully saturated rings. The van der Waals surface area contributed by atoms with Gasteiger partial charge in [0.05, 0.1) is 19.4 Å². The van der Waals surface area contributed by atoms with Crippen LogP contribution >= 0.6 is 0 Å². The highest BCUT2D eigenvalue weighted by atomic mass is 19.1. The quantitative estimate of drug-likeness (QED) is 0.516. The molecule has 1 N–H and O–H groups in total. The van der Waals surface area contributed by atoms with Crippen LogP contribution in [0.5, 0.6) is 5.75 Å². The summed E-state index contributed by atoms with van der Waals surface area (Å²) in [6.45, 7) is 12.4. The van der Waals surface area contributed by atoms with Gasteiger partial charge in [-0.15, -0.1) is 0 Å². The van der Waals surface area contributed by atoms with Crippen LogP contribution in [0.25, 0.3) is 0 Å². The molecule has 0 aliphatic carbocycles. The van der Waals surface area contributed by atoms with Gasteiger partial charge in [-0.3, -0.25) is 4.90 Å². The van der Waals surface area contributed by atoms with Crippen LogP contribution in [0.15, 0.2) is 42.5 Å². The van der Waals surface area contributed by atoms with Crippen molar-refractivity contribution in [1.82, 2.24) is 10.4 Å². The summed E-state index contributed by atoms with van der Waals surface area (Å²) >= 11 is 0. The summed E-state index contributed by atoms with van der Waals surface area (Å²) in [5.41, 5.74) is 6.62. The maximum Gasteiger partial charge on any atom is 0.142 e. The molecule has 1 aliphatic rings. The van der Waals surface area contributed by atoms with Crippen molar-refractivity contribution in [3.63, 3.8) is 0 Å². The molecule has 0 amide bonds. The van der Waals surface area contributed by atoms with Crippen LogP contribution in [0.3, 0.4) is 0 Å². The predicted octanol–water partition coefficient (Wildman–Crippen LogP) is 4.22. The SMILES string of the molecule is COc1ccc(CNOCC(C)(C)C)cc1N1CCN(Cc2ccc(F)cc2)CC1. The number of piperazine rings is 1. The first kappa shape index (κ1) is 22.5. The second-order valence-electron chi connectivity index (χ2n) is 9.07. The Morgan fingerprint density at radius 1 is 0.967 bits per heavy atom. The van der Waals surface area contributed by atoms with Gasteiger partial charge < -0.3 is 14.5 Å². The van der Waals surface area contributed by atoms with E-state index in [2.05, 4.69) is 48.2 Å². The molecule has 1 aliphatic heterocycles. The lowest BCUT2D eigenvalue weighted by atomic mass is 9.99. The molecule has 0 saturated carbocycles. The zero-order valence-electron chi connectivity index (χ0n) is 18.6. The zero-order chi connectivity index (χ0) is 21.6. The van der Waals surface area contributed by atoms with E-state index in [9.17, 15) is 4.39 Å². The Hall–Kier alpha value is -2.15. The number of halogens is 1. The third-order valence-electron chi connectivity index (χ3n) is 5.16. The number of hydrogen-bond acceptors (Lipinski definition) is 5. The highest BCUT2D eigenvalue weighted by Gasteiger charge is 2.20. The molecule has 6 heteroatoms. The van der Waals surface area contributed by atoms with Crippen LogP contribution in [0.2, 0.25) is 0 Å².